The van der Waals surface area contributed by atoms with Crippen molar-refractivity contribution in [2.45, 2.75) is 33.2 Å². The average molecular weight is 562 g/mol. The van der Waals surface area contributed by atoms with Crippen molar-refractivity contribution in [3.63, 3.8) is 0 Å². The maximum Gasteiger partial charge on any atom is 0.194 e. The van der Waals surface area contributed by atoms with Crippen molar-refractivity contribution in [2.75, 3.05) is 46.4 Å². The fourth-order valence-corrected chi connectivity index (χ4v) is 4.35. The lowest BCUT2D eigenvalue weighted by Gasteiger charge is -2.36. The molecular weight excluding hydrogens is 528 g/mol. The van der Waals surface area contributed by atoms with Gasteiger partial charge in [0.15, 0.2) is 17.5 Å². The number of hydrogen-bond acceptors (Lipinski definition) is 5. The number of methoxy groups -OCH3 is 1. The standard InChI is InChI=1S/C22H32FN5OS.HI/c1-4-18-15-26-21(30-18)8-9-25-22(24-5-2)28-12-10-27(11-13-28)16-17-6-7-20(29-3)19(23)14-17;/h6-7,14-15H,4-5,8-13,16H2,1-3H3,(H,24,25);1H. The Kier molecular flexibility index (Phi) is 11.0. The van der Waals surface area contributed by atoms with E-state index in [2.05, 4.69) is 33.9 Å². The molecule has 6 nitrogen and oxygen atoms in total. The van der Waals surface area contributed by atoms with Crippen LogP contribution in [0.4, 0.5) is 4.39 Å². The molecule has 0 unspecified atom stereocenters. The summed E-state index contributed by atoms with van der Waals surface area (Å²) in [4.78, 5) is 15.3. The third-order valence-corrected chi connectivity index (χ3v) is 6.37. The number of benzene rings is 1. The largest absolute Gasteiger partial charge is 0.494 e. The lowest BCUT2D eigenvalue weighted by atomic mass is 10.2. The van der Waals surface area contributed by atoms with Gasteiger partial charge in [-0.3, -0.25) is 9.89 Å². The summed E-state index contributed by atoms with van der Waals surface area (Å²) < 4.78 is 18.9. The van der Waals surface area contributed by atoms with Crippen molar-refractivity contribution >= 4 is 41.3 Å². The first-order valence-electron chi connectivity index (χ1n) is 10.6. The van der Waals surface area contributed by atoms with Crippen molar-refractivity contribution in [1.82, 2.24) is 20.1 Å². The van der Waals surface area contributed by atoms with Crippen molar-refractivity contribution in [2.24, 2.45) is 4.99 Å². The number of nitrogens with zero attached hydrogens (tertiary/aromatic N) is 4. The van der Waals surface area contributed by atoms with Crippen LogP contribution in [-0.4, -0.2) is 67.1 Å². The Balaban J connectivity index is 0.00000341. The summed E-state index contributed by atoms with van der Waals surface area (Å²) in [6, 6.07) is 5.20. The van der Waals surface area contributed by atoms with E-state index >= 15 is 0 Å². The van der Waals surface area contributed by atoms with Gasteiger partial charge in [-0.1, -0.05) is 13.0 Å². The van der Waals surface area contributed by atoms with E-state index in [0.717, 1.165) is 75.2 Å². The van der Waals surface area contributed by atoms with E-state index in [0.29, 0.717) is 5.75 Å². The van der Waals surface area contributed by atoms with E-state index in [1.54, 1.807) is 23.5 Å². The highest BCUT2D eigenvalue weighted by Crippen LogP contribution is 2.19. The monoisotopic (exact) mass is 561 g/mol. The second-order valence-electron chi connectivity index (χ2n) is 7.29. The van der Waals surface area contributed by atoms with Crippen LogP contribution in [0, 0.1) is 5.82 Å². The zero-order valence-corrected chi connectivity index (χ0v) is 21.7. The van der Waals surface area contributed by atoms with E-state index in [1.807, 2.05) is 12.3 Å². The topological polar surface area (TPSA) is 53.0 Å². The molecule has 0 atom stereocenters. The minimum absolute atomic E-state index is 0. The number of aromatic nitrogens is 1. The lowest BCUT2D eigenvalue weighted by molar-refractivity contribution is 0.172. The number of ether oxygens (including phenoxy) is 1. The van der Waals surface area contributed by atoms with Gasteiger partial charge in [-0.25, -0.2) is 9.37 Å². The zero-order chi connectivity index (χ0) is 21.3. The first-order valence-corrected chi connectivity index (χ1v) is 11.5. The third-order valence-electron chi connectivity index (χ3n) is 5.17. The average Bonchev–Trinajstić information content (AvgIpc) is 3.22. The summed E-state index contributed by atoms with van der Waals surface area (Å²) in [5.74, 6) is 0.958. The Morgan fingerprint density at radius 1 is 1.26 bits per heavy atom. The molecule has 1 saturated heterocycles. The third kappa shape index (κ3) is 7.57. The molecule has 9 heteroatoms. The SMILES string of the molecule is CCNC(=NCCc1ncc(CC)s1)N1CCN(Cc2ccc(OC)c(F)c2)CC1.I. The molecule has 3 rings (SSSR count). The molecule has 1 fully saturated rings. The van der Waals surface area contributed by atoms with Gasteiger partial charge in [-0.2, -0.15) is 0 Å². The molecule has 2 heterocycles. The maximum atomic E-state index is 13.9. The van der Waals surface area contributed by atoms with Crippen LogP contribution in [0.15, 0.2) is 29.4 Å². The van der Waals surface area contributed by atoms with Crippen molar-refractivity contribution < 1.29 is 9.13 Å². The van der Waals surface area contributed by atoms with Crippen LogP contribution < -0.4 is 10.1 Å². The van der Waals surface area contributed by atoms with Crippen LogP contribution in [0.1, 0.15) is 29.3 Å². The summed E-state index contributed by atoms with van der Waals surface area (Å²) in [5.41, 5.74) is 0.970. The minimum Gasteiger partial charge on any atom is -0.494 e. The Hall–Kier alpha value is -1.46. The maximum absolute atomic E-state index is 13.9. The van der Waals surface area contributed by atoms with Gasteiger partial charge in [0.2, 0.25) is 0 Å². The first-order chi connectivity index (χ1) is 14.6. The number of aliphatic imine (C=N–C) groups is 1. The molecule has 1 aromatic heterocycles. The molecule has 0 amide bonds. The first kappa shape index (κ1) is 25.8. The molecule has 0 radical (unpaired) electrons. The van der Waals surface area contributed by atoms with Crippen molar-refractivity contribution in [3.05, 3.63) is 45.7 Å². The van der Waals surface area contributed by atoms with Gasteiger partial charge < -0.3 is 15.0 Å². The molecular formula is C22H33FIN5OS. The Bertz CT molecular complexity index is 839. The van der Waals surface area contributed by atoms with Crippen LogP contribution >= 0.6 is 35.3 Å². The molecule has 1 aromatic carbocycles. The molecule has 1 aliphatic heterocycles. The second kappa shape index (κ2) is 13.2. The van der Waals surface area contributed by atoms with Crippen LogP contribution in [0.3, 0.4) is 0 Å². The lowest BCUT2D eigenvalue weighted by Crippen LogP contribution is -2.52. The number of rotatable bonds is 8. The number of piperazine rings is 1. The second-order valence-corrected chi connectivity index (χ2v) is 8.49. The Labute approximate surface area is 205 Å². The molecule has 0 aliphatic carbocycles. The number of halogens is 2. The van der Waals surface area contributed by atoms with Gasteiger partial charge in [0.1, 0.15) is 0 Å². The summed E-state index contributed by atoms with van der Waals surface area (Å²) >= 11 is 1.78. The number of aryl methyl sites for hydroxylation is 1. The quantitative estimate of drug-likeness (QED) is 0.302. The van der Waals surface area contributed by atoms with E-state index in [-0.39, 0.29) is 29.8 Å². The smallest absolute Gasteiger partial charge is 0.194 e. The number of thiazole rings is 1. The Morgan fingerprint density at radius 3 is 2.65 bits per heavy atom. The molecule has 0 saturated carbocycles. The summed E-state index contributed by atoms with van der Waals surface area (Å²) in [6.07, 6.45) is 3.89. The highest BCUT2D eigenvalue weighted by molar-refractivity contribution is 14.0. The van der Waals surface area contributed by atoms with E-state index in [9.17, 15) is 4.39 Å². The summed E-state index contributed by atoms with van der Waals surface area (Å²) in [6.45, 7) is 10.2. The normalized spacial score (nSPS) is 15.0. The number of nitrogens with one attached hydrogen (secondary N) is 1. The highest BCUT2D eigenvalue weighted by Gasteiger charge is 2.20. The van der Waals surface area contributed by atoms with Crippen molar-refractivity contribution in [3.8, 4) is 5.75 Å². The highest BCUT2D eigenvalue weighted by atomic mass is 127. The van der Waals surface area contributed by atoms with Crippen LogP contribution in [0.2, 0.25) is 0 Å². The van der Waals surface area contributed by atoms with Gasteiger partial charge in [0.05, 0.1) is 12.1 Å². The minimum atomic E-state index is -0.304. The predicted octanol–water partition coefficient (Wildman–Crippen LogP) is 3.80. The predicted molar refractivity (Wildman–Crippen MR) is 136 cm³/mol. The van der Waals surface area contributed by atoms with E-state index in [1.165, 1.54) is 12.0 Å². The van der Waals surface area contributed by atoms with Gasteiger partial charge in [-0.15, -0.1) is 35.3 Å². The van der Waals surface area contributed by atoms with Gasteiger partial charge >= 0.3 is 0 Å². The fourth-order valence-electron chi connectivity index (χ4n) is 3.49. The van der Waals surface area contributed by atoms with Gasteiger partial charge in [0, 0.05) is 63.3 Å². The molecule has 31 heavy (non-hydrogen) atoms. The van der Waals surface area contributed by atoms with Gasteiger partial charge in [0.25, 0.3) is 0 Å². The molecule has 2 aromatic rings. The van der Waals surface area contributed by atoms with Crippen molar-refractivity contribution in [1.29, 1.82) is 0 Å². The fraction of sp³-hybridized carbons (Fsp3) is 0.545. The number of hydrogen-bond donors (Lipinski definition) is 1. The van der Waals surface area contributed by atoms with Gasteiger partial charge in [-0.05, 0) is 31.0 Å². The molecule has 172 valence electrons. The van der Waals surface area contributed by atoms with Crippen LogP contribution in [0.5, 0.6) is 5.75 Å². The molecule has 1 aliphatic rings. The molecule has 0 spiro atoms. The zero-order valence-electron chi connectivity index (χ0n) is 18.6. The van der Waals surface area contributed by atoms with Crippen LogP contribution in [0.25, 0.3) is 0 Å². The van der Waals surface area contributed by atoms with E-state index in [4.69, 9.17) is 9.73 Å². The van der Waals surface area contributed by atoms with Crippen LogP contribution in [-0.2, 0) is 19.4 Å². The summed E-state index contributed by atoms with van der Waals surface area (Å²) in [5, 5.41) is 4.57. The summed E-state index contributed by atoms with van der Waals surface area (Å²) in [7, 11) is 1.49. The number of guanidine groups is 1. The molecule has 0 bridgehead atoms. The Morgan fingerprint density at radius 2 is 2.03 bits per heavy atom. The molecule has 1 N–H and O–H groups in total. The van der Waals surface area contributed by atoms with E-state index < -0.39 is 0 Å².